The average Bonchev–Trinajstić information content (AvgIpc) is 2.89. The third kappa shape index (κ3) is 3.75. The number of anilines is 2. The highest BCUT2D eigenvalue weighted by atomic mass is 19.1. The van der Waals surface area contributed by atoms with Crippen LogP contribution in [0.2, 0.25) is 0 Å². The lowest BCUT2D eigenvalue weighted by Gasteiger charge is -2.13. The molecule has 7 heteroatoms. The molecule has 0 fully saturated rings. The molecule has 2 amide bonds. The molecule has 0 radical (unpaired) electrons. The third-order valence-corrected chi connectivity index (χ3v) is 3.02. The number of nitrogens with zero attached hydrogens (tertiary/aromatic N) is 1. The molecule has 2 aromatic rings. The van der Waals surface area contributed by atoms with Gasteiger partial charge in [0.05, 0.1) is 18.5 Å². The predicted molar refractivity (Wildman–Crippen MR) is 82.9 cm³/mol. The van der Waals surface area contributed by atoms with Crippen molar-refractivity contribution in [1.82, 2.24) is 10.2 Å². The number of carbonyl (C=O) groups excluding carboxylic acids is 1. The Morgan fingerprint density at radius 3 is 2.55 bits per heavy atom. The van der Waals surface area contributed by atoms with Crippen LogP contribution in [0.5, 0.6) is 5.75 Å². The minimum Gasteiger partial charge on any atom is -0.497 e. The van der Waals surface area contributed by atoms with E-state index in [0.29, 0.717) is 11.6 Å². The number of H-pyrrole nitrogens is 1. The number of urea groups is 1. The number of carbonyl (C=O) groups is 1. The lowest BCUT2D eigenvalue weighted by atomic mass is 9.92. The Balaban J connectivity index is 2.03. The fraction of sp³-hybridized carbons (Fsp3) is 0.333. The van der Waals surface area contributed by atoms with Gasteiger partial charge >= 0.3 is 6.03 Å². The number of aromatic nitrogens is 2. The van der Waals surface area contributed by atoms with Crippen molar-refractivity contribution >= 4 is 17.5 Å². The molecular weight excluding hydrogens is 287 g/mol. The maximum atomic E-state index is 13.8. The first-order valence-electron chi connectivity index (χ1n) is 6.77. The Kier molecular flexibility index (Phi) is 4.35. The van der Waals surface area contributed by atoms with Gasteiger partial charge < -0.3 is 10.1 Å². The molecule has 0 aliphatic rings. The zero-order chi connectivity index (χ0) is 16.3. The number of rotatable bonds is 3. The maximum absolute atomic E-state index is 13.8. The molecule has 0 bridgehead atoms. The number of methoxy groups -OCH3 is 1. The van der Waals surface area contributed by atoms with E-state index in [0.717, 1.165) is 5.69 Å². The van der Waals surface area contributed by atoms with Crippen LogP contribution in [0.1, 0.15) is 26.5 Å². The Morgan fingerprint density at radius 2 is 2.00 bits per heavy atom. The predicted octanol–water partition coefficient (Wildman–Crippen LogP) is 3.50. The molecule has 1 heterocycles. The number of amides is 2. The van der Waals surface area contributed by atoms with E-state index in [1.807, 2.05) is 20.8 Å². The molecule has 22 heavy (non-hydrogen) atoms. The quantitative estimate of drug-likeness (QED) is 0.812. The fourth-order valence-electron chi connectivity index (χ4n) is 1.77. The lowest BCUT2D eigenvalue weighted by Crippen LogP contribution is -2.20. The van der Waals surface area contributed by atoms with Gasteiger partial charge in [-0.1, -0.05) is 20.8 Å². The van der Waals surface area contributed by atoms with Gasteiger partial charge in [-0.25, -0.2) is 9.18 Å². The zero-order valence-electron chi connectivity index (χ0n) is 13.0. The van der Waals surface area contributed by atoms with Gasteiger partial charge in [-0.2, -0.15) is 5.10 Å². The second-order valence-corrected chi connectivity index (χ2v) is 5.84. The van der Waals surface area contributed by atoms with E-state index < -0.39 is 11.8 Å². The minimum atomic E-state index is -0.575. The molecule has 1 aromatic carbocycles. The van der Waals surface area contributed by atoms with E-state index in [2.05, 4.69) is 20.8 Å². The maximum Gasteiger partial charge on any atom is 0.324 e. The molecule has 0 unspecified atom stereocenters. The van der Waals surface area contributed by atoms with Crippen LogP contribution in [0, 0.1) is 5.82 Å². The van der Waals surface area contributed by atoms with E-state index in [1.165, 1.54) is 19.2 Å². The number of halogens is 1. The van der Waals surface area contributed by atoms with Gasteiger partial charge in [0.1, 0.15) is 17.4 Å². The van der Waals surface area contributed by atoms with E-state index in [4.69, 9.17) is 4.74 Å². The first kappa shape index (κ1) is 15.8. The molecule has 0 saturated carbocycles. The van der Waals surface area contributed by atoms with Crippen molar-refractivity contribution < 1.29 is 13.9 Å². The van der Waals surface area contributed by atoms with Gasteiger partial charge in [0.25, 0.3) is 0 Å². The molecule has 6 nitrogen and oxygen atoms in total. The Hall–Kier alpha value is -2.57. The monoisotopic (exact) mass is 306 g/mol. The summed E-state index contributed by atoms with van der Waals surface area (Å²) in [6, 6.07) is 5.37. The molecule has 2 rings (SSSR count). The SMILES string of the molecule is COc1ccc(NC(=O)Nc2cc(C(C)(C)C)n[nH]2)c(F)c1. The molecule has 0 atom stereocenters. The van der Waals surface area contributed by atoms with Crippen LogP contribution in [0.15, 0.2) is 24.3 Å². The Labute approximate surface area is 128 Å². The van der Waals surface area contributed by atoms with Crippen LogP contribution < -0.4 is 15.4 Å². The molecule has 118 valence electrons. The molecule has 1 aromatic heterocycles. The standard InChI is InChI=1S/C15H19FN4O2/c1-15(2,3)12-8-13(20-19-12)18-14(21)17-11-6-5-9(22-4)7-10(11)16/h5-8H,1-4H3,(H3,17,18,19,20,21). The summed E-state index contributed by atoms with van der Waals surface area (Å²) in [4.78, 5) is 11.9. The normalized spacial score (nSPS) is 11.1. The highest BCUT2D eigenvalue weighted by Crippen LogP contribution is 2.23. The molecule has 3 N–H and O–H groups in total. The number of ether oxygens (including phenoxy) is 1. The van der Waals surface area contributed by atoms with Crippen LogP contribution in [0.3, 0.4) is 0 Å². The number of benzene rings is 1. The number of aromatic amines is 1. The van der Waals surface area contributed by atoms with Crippen LogP contribution >= 0.6 is 0 Å². The van der Waals surface area contributed by atoms with Crippen LogP contribution in [0.25, 0.3) is 0 Å². The number of hydrogen-bond donors (Lipinski definition) is 3. The third-order valence-electron chi connectivity index (χ3n) is 3.02. The number of hydrogen-bond acceptors (Lipinski definition) is 3. The van der Waals surface area contributed by atoms with Crippen molar-refractivity contribution in [2.75, 3.05) is 17.7 Å². The van der Waals surface area contributed by atoms with Crippen molar-refractivity contribution in [2.45, 2.75) is 26.2 Å². The van der Waals surface area contributed by atoms with Crippen molar-refractivity contribution in [3.8, 4) is 5.75 Å². The molecule has 0 aliphatic carbocycles. The van der Waals surface area contributed by atoms with Gasteiger partial charge in [0, 0.05) is 17.5 Å². The van der Waals surface area contributed by atoms with Gasteiger partial charge in [0.15, 0.2) is 0 Å². The molecule has 0 saturated heterocycles. The summed E-state index contributed by atoms with van der Waals surface area (Å²) < 4.78 is 18.7. The van der Waals surface area contributed by atoms with Crippen LogP contribution in [-0.2, 0) is 5.41 Å². The molecular formula is C15H19FN4O2. The number of nitrogens with one attached hydrogen (secondary N) is 3. The summed E-state index contributed by atoms with van der Waals surface area (Å²) in [5.41, 5.74) is 0.752. The molecule has 0 aliphatic heterocycles. The van der Waals surface area contributed by atoms with Crippen molar-refractivity contribution in [2.24, 2.45) is 0 Å². The Bertz CT molecular complexity index is 676. The Morgan fingerprint density at radius 1 is 1.27 bits per heavy atom. The smallest absolute Gasteiger partial charge is 0.324 e. The van der Waals surface area contributed by atoms with Crippen LogP contribution in [0.4, 0.5) is 20.7 Å². The van der Waals surface area contributed by atoms with Gasteiger partial charge in [-0.15, -0.1) is 0 Å². The van der Waals surface area contributed by atoms with Gasteiger partial charge in [-0.05, 0) is 12.1 Å². The minimum absolute atomic E-state index is 0.0638. The van der Waals surface area contributed by atoms with Crippen LogP contribution in [-0.4, -0.2) is 23.3 Å². The lowest BCUT2D eigenvalue weighted by molar-refractivity contribution is 0.262. The van der Waals surface area contributed by atoms with Gasteiger partial charge in [-0.3, -0.25) is 10.4 Å². The highest BCUT2D eigenvalue weighted by Gasteiger charge is 2.18. The van der Waals surface area contributed by atoms with Crippen molar-refractivity contribution in [3.63, 3.8) is 0 Å². The van der Waals surface area contributed by atoms with E-state index in [1.54, 1.807) is 12.1 Å². The average molecular weight is 306 g/mol. The fourth-order valence-corrected chi connectivity index (χ4v) is 1.77. The summed E-state index contributed by atoms with van der Waals surface area (Å²) in [7, 11) is 1.44. The summed E-state index contributed by atoms with van der Waals surface area (Å²) >= 11 is 0. The largest absolute Gasteiger partial charge is 0.497 e. The van der Waals surface area contributed by atoms with E-state index in [9.17, 15) is 9.18 Å². The highest BCUT2D eigenvalue weighted by molar-refractivity contribution is 5.99. The topological polar surface area (TPSA) is 79.0 Å². The summed E-state index contributed by atoms with van der Waals surface area (Å²) in [5.74, 6) is 0.248. The van der Waals surface area contributed by atoms with Gasteiger partial charge in [0.2, 0.25) is 0 Å². The molecule has 0 spiro atoms. The van der Waals surface area contributed by atoms with E-state index >= 15 is 0 Å². The summed E-state index contributed by atoms with van der Waals surface area (Å²) in [6.07, 6.45) is 0. The zero-order valence-corrected chi connectivity index (χ0v) is 13.0. The first-order chi connectivity index (χ1) is 10.3. The second kappa shape index (κ2) is 6.05. The van der Waals surface area contributed by atoms with Crippen molar-refractivity contribution in [1.29, 1.82) is 0 Å². The second-order valence-electron chi connectivity index (χ2n) is 5.84. The van der Waals surface area contributed by atoms with E-state index in [-0.39, 0.29) is 11.1 Å². The summed E-state index contributed by atoms with van der Waals surface area (Å²) in [5, 5.41) is 11.9. The van der Waals surface area contributed by atoms with Crippen molar-refractivity contribution in [3.05, 3.63) is 35.8 Å². The summed E-state index contributed by atoms with van der Waals surface area (Å²) in [6.45, 7) is 6.04. The first-order valence-corrected chi connectivity index (χ1v) is 6.77.